The molecule has 0 bridgehead atoms. The van der Waals surface area contributed by atoms with Crippen LogP contribution in [0.25, 0.3) is 0 Å². The van der Waals surface area contributed by atoms with E-state index in [1.807, 2.05) is 31.2 Å². The summed E-state index contributed by atoms with van der Waals surface area (Å²) in [6.07, 6.45) is 5.94. The standard InChI is InChI=1S/C22H29N5O3S/c1-3-14-9-7-8-12-16(14)27(13(2)21(29)25-15-10-5-4-6-11-15)22(30)19-17(23)18(20(24)28)26-31-19/h7-9,12-13,15H,3-6,10-11,23H2,1-2H3,(H2,24,28)(H,25,29)/t13-/m0/s1. The summed E-state index contributed by atoms with van der Waals surface area (Å²) in [5.41, 5.74) is 12.7. The van der Waals surface area contributed by atoms with E-state index in [0.717, 1.165) is 42.8 Å². The normalized spacial score (nSPS) is 15.3. The van der Waals surface area contributed by atoms with Gasteiger partial charge in [-0.1, -0.05) is 44.4 Å². The molecule has 5 N–H and O–H groups in total. The number of hydrogen-bond acceptors (Lipinski definition) is 6. The molecule has 0 radical (unpaired) electrons. The Balaban J connectivity index is 1.97. The molecule has 9 heteroatoms. The lowest BCUT2D eigenvalue weighted by molar-refractivity contribution is -0.122. The number of rotatable bonds is 7. The Kier molecular flexibility index (Phi) is 7.27. The van der Waals surface area contributed by atoms with E-state index in [-0.39, 0.29) is 28.2 Å². The minimum atomic E-state index is -0.795. The van der Waals surface area contributed by atoms with Crippen LogP contribution in [-0.4, -0.2) is 34.2 Å². The molecule has 8 nitrogen and oxygen atoms in total. The molecule has 0 spiro atoms. The molecular formula is C22H29N5O3S. The van der Waals surface area contributed by atoms with Crippen LogP contribution in [0.2, 0.25) is 0 Å². The smallest absolute Gasteiger partial charge is 0.272 e. The van der Waals surface area contributed by atoms with Gasteiger partial charge in [-0.3, -0.25) is 19.3 Å². The van der Waals surface area contributed by atoms with E-state index in [4.69, 9.17) is 11.5 Å². The first kappa shape index (κ1) is 22.7. The number of anilines is 2. The zero-order chi connectivity index (χ0) is 22.5. The number of hydrogen-bond donors (Lipinski definition) is 3. The summed E-state index contributed by atoms with van der Waals surface area (Å²) < 4.78 is 3.95. The van der Waals surface area contributed by atoms with Gasteiger partial charge < -0.3 is 16.8 Å². The van der Waals surface area contributed by atoms with Gasteiger partial charge in [-0.25, -0.2) is 0 Å². The van der Waals surface area contributed by atoms with Crippen molar-refractivity contribution in [1.82, 2.24) is 9.69 Å². The van der Waals surface area contributed by atoms with E-state index in [1.165, 1.54) is 11.3 Å². The number of benzene rings is 1. The second-order valence-electron chi connectivity index (χ2n) is 7.82. The van der Waals surface area contributed by atoms with Gasteiger partial charge in [-0.05, 0) is 49.3 Å². The molecule has 1 aromatic heterocycles. The van der Waals surface area contributed by atoms with Crippen LogP contribution in [-0.2, 0) is 11.2 Å². The Morgan fingerprint density at radius 2 is 1.90 bits per heavy atom. The van der Waals surface area contributed by atoms with Crippen molar-refractivity contribution in [2.75, 3.05) is 10.6 Å². The maximum atomic E-state index is 13.6. The molecule has 1 atom stereocenters. The molecule has 3 amide bonds. The molecule has 166 valence electrons. The van der Waals surface area contributed by atoms with E-state index >= 15 is 0 Å². The average Bonchev–Trinajstić information content (AvgIpc) is 3.16. The first-order valence-electron chi connectivity index (χ1n) is 10.6. The molecular weight excluding hydrogens is 414 g/mol. The van der Waals surface area contributed by atoms with Gasteiger partial charge in [0.1, 0.15) is 10.9 Å². The quantitative estimate of drug-likeness (QED) is 0.605. The molecule has 1 aromatic carbocycles. The zero-order valence-corrected chi connectivity index (χ0v) is 18.7. The van der Waals surface area contributed by atoms with Gasteiger partial charge in [-0.2, -0.15) is 4.37 Å². The summed E-state index contributed by atoms with van der Waals surface area (Å²) in [4.78, 5) is 39.8. The maximum absolute atomic E-state index is 13.6. The fourth-order valence-electron chi connectivity index (χ4n) is 3.96. The molecule has 0 aliphatic heterocycles. The molecule has 1 fully saturated rings. The highest BCUT2D eigenvalue weighted by atomic mass is 32.1. The number of amides is 3. The van der Waals surface area contributed by atoms with Gasteiger partial charge in [-0.15, -0.1) is 0 Å². The summed E-state index contributed by atoms with van der Waals surface area (Å²) in [7, 11) is 0. The van der Waals surface area contributed by atoms with Crippen molar-refractivity contribution < 1.29 is 14.4 Å². The minimum absolute atomic E-state index is 0.0543. The molecule has 3 rings (SSSR count). The van der Waals surface area contributed by atoms with Crippen molar-refractivity contribution in [2.24, 2.45) is 5.73 Å². The predicted octanol–water partition coefficient (Wildman–Crippen LogP) is 2.87. The molecule has 0 unspecified atom stereocenters. The molecule has 1 aliphatic carbocycles. The summed E-state index contributed by atoms with van der Waals surface area (Å²) >= 11 is 0.815. The van der Waals surface area contributed by atoms with E-state index < -0.39 is 17.9 Å². The third kappa shape index (κ3) is 4.87. The number of nitrogens with zero attached hydrogens (tertiary/aromatic N) is 2. The number of para-hydroxylation sites is 1. The van der Waals surface area contributed by atoms with Crippen LogP contribution in [0.1, 0.15) is 71.7 Å². The van der Waals surface area contributed by atoms with E-state index in [9.17, 15) is 14.4 Å². The Labute approximate surface area is 186 Å². The van der Waals surface area contributed by atoms with Crippen molar-refractivity contribution in [1.29, 1.82) is 0 Å². The van der Waals surface area contributed by atoms with Crippen LogP contribution in [0.15, 0.2) is 24.3 Å². The third-order valence-corrected chi connectivity index (χ3v) is 6.58. The molecule has 0 saturated heterocycles. The summed E-state index contributed by atoms with van der Waals surface area (Å²) in [6, 6.07) is 6.80. The number of aromatic nitrogens is 1. The highest BCUT2D eigenvalue weighted by Gasteiger charge is 2.33. The van der Waals surface area contributed by atoms with Crippen molar-refractivity contribution in [2.45, 2.75) is 64.5 Å². The van der Waals surface area contributed by atoms with Gasteiger partial charge in [0.2, 0.25) is 5.91 Å². The molecule has 1 heterocycles. The van der Waals surface area contributed by atoms with E-state index in [1.54, 1.807) is 6.92 Å². The highest BCUT2D eigenvalue weighted by molar-refractivity contribution is 7.09. The number of aryl methyl sites for hydroxylation is 1. The lowest BCUT2D eigenvalue weighted by Gasteiger charge is -2.32. The lowest BCUT2D eigenvalue weighted by atomic mass is 9.95. The number of nitrogen functional groups attached to an aromatic ring is 1. The Morgan fingerprint density at radius 3 is 2.52 bits per heavy atom. The van der Waals surface area contributed by atoms with Gasteiger partial charge in [0.25, 0.3) is 11.8 Å². The van der Waals surface area contributed by atoms with Crippen molar-refractivity contribution in [3.63, 3.8) is 0 Å². The lowest BCUT2D eigenvalue weighted by Crippen LogP contribution is -2.51. The highest BCUT2D eigenvalue weighted by Crippen LogP contribution is 2.30. The fourth-order valence-corrected chi connectivity index (χ4v) is 4.71. The van der Waals surface area contributed by atoms with Crippen LogP contribution >= 0.6 is 11.5 Å². The number of carbonyl (C=O) groups excluding carboxylic acids is 3. The third-order valence-electron chi connectivity index (χ3n) is 5.72. The van der Waals surface area contributed by atoms with Crippen molar-refractivity contribution >= 4 is 40.6 Å². The Hall–Kier alpha value is -2.94. The topological polar surface area (TPSA) is 131 Å². The minimum Gasteiger partial charge on any atom is -0.395 e. The first-order chi connectivity index (χ1) is 14.8. The second-order valence-corrected chi connectivity index (χ2v) is 8.59. The summed E-state index contributed by atoms with van der Waals surface area (Å²) in [5, 5.41) is 3.10. The summed E-state index contributed by atoms with van der Waals surface area (Å²) in [6.45, 7) is 3.69. The number of nitrogens with two attached hydrogens (primary N) is 2. The van der Waals surface area contributed by atoms with Gasteiger partial charge in [0, 0.05) is 11.7 Å². The van der Waals surface area contributed by atoms with Crippen LogP contribution < -0.4 is 21.7 Å². The number of primary amides is 1. The predicted molar refractivity (Wildman–Crippen MR) is 122 cm³/mol. The van der Waals surface area contributed by atoms with Gasteiger partial charge in [0.05, 0.1) is 5.69 Å². The largest absolute Gasteiger partial charge is 0.395 e. The fraction of sp³-hybridized carbons (Fsp3) is 0.455. The van der Waals surface area contributed by atoms with Crippen molar-refractivity contribution in [3.8, 4) is 0 Å². The van der Waals surface area contributed by atoms with E-state index in [0.29, 0.717) is 12.1 Å². The molecule has 1 aliphatic rings. The van der Waals surface area contributed by atoms with Crippen LogP contribution in [0.3, 0.4) is 0 Å². The average molecular weight is 444 g/mol. The Bertz CT molecular complexity index is 968. The van der Waals surface area contributed by atoms with Crippen LogP contribution in [0.4, 0.5) is 11.4 Å². The monoisotopic (exact) mass is 443 g/mol. The second kappa shape index (κ2) is 9.91. The van der Waals surface area contributed by atoms with Crippen molar-refractivity contribution in [3.05, 3.63) is 40.4 Å². The number of nitrogens with one attached hydrogen (secondary N) is 1. The zero-order valence-electron chi connectivity index (χ0n) is 17.9. The Morgan fingerprint density at radius 1 is 1.23 bits per heavy atom. The molecule has 1 saturated carbocycles. The maximum Gasteiger partial charge on any atom is 0.272 e. The molecule has 31 heavy (non-hydrogen) atoms. The SMILES string of the molecule is CCc1ccccc1N(C(=O)c1snc(C(N)=O)c1N)[C@@H](C)C(=O)NC1CCCCC1. The van der Waals surface area contributed by atoms with Gasteiger partial charge in [0.15, 0.2) is 5.69 Å². The van der Waals surface area contributed by atoms with Crippen LogP contribution in [0.5, 0.6) is 0 Å². The van der Waals surface area contributed by atoms with Gasteiger partial charge >= 0.3 is 0 Å². The molecule has 2 aromatic rings. The first-order valence-corrected chi connectivity index (χ1v) is 11.4. The van der Waals surface area contributed by atoms with Crippen LogP contribution in [0, 0.1) is 0 Å². The summed E-state index contributed by atoms with van der Waals surface area (Å²) in [5.74, 6) is -1.49. The van der Waals surface area contributed by atoms with E-state index in [2.05, 4.69) is 9.69 Å². The number of carbonyl (C=O) groups is 3.